The third-order valence-electron chi connectivity index (χ3n) is 10.6. The standard InChI is InChI=1S/C38H56N8O14S/c1-16(2)26-33(55)45-27(18(4)49)34(56)42-24(14-47)37(58)46-13-25(50)29(51)28(46)35(57)39-17(3)30(52)40-22(31(53)41-23(32(54)44-26)12-38(5,59)15-48)11-20-19-9-7-8-10-21(19)43-36(20)61(6)60/h7-10,16-18,22-29,43,47-51,59H,11-15H2,1-6H3,(H,39,57)(H,40,52)(H,41,53)(H,42,56)(H,44,54)(H,45,55). The highest BCUT2D eigenvalue weighted by atomic mass is 32.2. The fraction of sp³-hybridized carbons (Fsp3) is 0.605. The lowest BCUT2D eigenvalue weighted by atomic mass is 9.95. The van der Waals surface area contributed by atoms with E-state index in [1.54, 1.807) is 24.3 Å². The number of benzene rings is 1. The number of fused-ring (bicyclic) bond motifs is 2. The van der Waals surface area contributed by atoms with E-state index >= 15 is 0 Å². The number of rotatable bonds is 9. The zero-order valence-corrected chi connectivity index (χ0v) is 35.3. The topological polar surface area (TPSA) is 349 Å². The van der Waals surface area contributed by atoms with Crippen molar-refractivity contribution in [2.75, 3.05) is 26.0 Å². The first-order valence-corrected chi connectivity index (χ1v) is 21.1. The number of hydrogen-bond donors (Lipinski definition) is 13. The van der Waals surface area contributed by atoms with Gasteiger partial charge < -0.3 is 72.4 Å². The van der Waals surface area contributed by atoms with Crippen LogP contribution in [0.4, 0.5) is 0 Å². The highest BCUT2D eigenvalue weighted by molar-refractivity contribution is 7.84. The molecule has 7 amide bonds. The smallest absolute Gasteiger partial charge is 0.248 e. The Bertz CT molecular complexity index is 2010. The molecule has 2 saturated heterocycles. The molecule has 2 aromatic rings. The Morgan fingerprint density at radius 2 is 1.38 bits per heavy atom. The normalized spacial score (nSPS) is 29.9. The number of hydrogen-bond acceptors (Lipinski definition) is 14. The van der Waals surface area contributed by atoms with Gasteiger partial charge in [0.1, 0.15) is 53.4 Å². The quantitative estimate of drug-likeness (QED) is 0.112. The van der Waals surface area contributed by atoms with Crippen LogP contribution in [0, 0.1) is 5.92 Å². The molecule has 0 saturated carbocycles. The van der Waals surface area contributed by atoms with E-state index in [1.807, 2.05) is 0 Å². The fourth-order valence-corrected chi connectivity index (χ4v) is 7.90. The van der Waals surface area contributed by atoms with Crippen molar-refractivity contribution in [2.24, 2.45) is 5.92 Å². The van der Waals surface area contributed by atoms with Gasteiger partial charge >= 0.3 is 0 Å². The minimum atomic E-state index is -2.00. The molecule has 0 spiro atoms. The van der Waals surface area contributed by atoms with Crippen LogP contribution in [0.2, 0.25) is 0 Å². The van der Waals surface area contributed by atoms with Crippen molar-refractivity contribution in [3.05, 3.63) is 29.8 Å². The highest BCUT2D eigenvalue weighted by Gasteiger charge is 2.49. The number of aromatic nitrogens is 1. The van der Waals surface area contributed by atoms with Crippen LogP contribution in [0.5, 0.6) is 0 Å². The molecule has 0 radical (unpaired) electrons. The van der Waals surface area contributed by atoms with Crippen molar-refractivity contribution in [3.8, 4) is 0 Å². The zero-order valence-electron chi connectivity index (χ0n) is 34.5. The summed E-state index contributed by atoms with van der Waals surface area (Å²) in [7, 11) is -1.66. The van der Waals surface area contributed by atoms with Gasteiger partial charge in [-0.2, -0.15) is 0 Å². The molecular weight excluding hydrogens is 825 g/mol. The second kappa shape index (κ2) is 20.2. The number of aliphatic hydroxyl groups is 6. The van der Waals surface area contributed by atoms with Crippen LogP contribution < -0.4 is 31.9 Å². The molecule has 2 fully saturated rings. The number of carbonyl (C=O) groups is 7. The molecule has 1 aromatic carbocycles. The molecule has 12 atom stereocenters. The van der Waals surface area contributed by atoms with Crippen LogP contribution in [-0.2, 0) is 50.8 Å². The molecule has 1 aromatic heterocycles. The Labute approximate surface area is 353 Å². The number of carbonyl (C=O) groups excluding carboxylic acids is 7. The Morgan fingerprint density at radius 3 is 1.97 bits per heavy atom. The number of nitrogens with zero attached hydrogens (tertiary/aromatic N) is 1. The van der Waals surface area contributed by atoms with Crippen LogP contribution in [0.1, 0.15) is 46.6 Å². The van der Waals surface area contributed by atoms with E-state index in [4.69, 9.17) is 0 Å². The minimum absolute atomic E-state index is 0.207. The number of nitrogens with one attached hydrogen (secondary N) is 7. The summed E-state index contributed by atoms with van der Waals surface area (Å²) in [6, 6.07) is -5.11. The summed E-state index contributed by atoms with van der Waals surface area (Å²) in [4.78, 5) is 101. The Kier molecular flexibility index (Phi) is 16.1. The predicted molar refractivity (Wildman–Crippen MR) is 215 cm³/mol. The lowest BCUT2D eigenvalue weighted by Crippen LogP contribution is -2.63. The van der Waals surface area contributed by atoms with Gasteiger partial charge in [0.25, 0.3) is 0 Å². The van der Waals surface area contributed by atoms with Gasteiger partial charge in [-0.15, -0.1) is 0 Å². The largest absolute Gasteiger partial charge is 0.394 e. The summed E-state index contributed by atoms with van der Waals surface area (Å²) in [5.41, 5.74) is -1.12. The Hall–Kier alpha value is -5.04. The monoisotopic (exact) mass is 880 g/mol. The molecule has 61 heavy (non-hydrogen) atoms. The molecular formula is C38H56N8O14S. The first-order valence-electron chi connectivity index (χ1n) is 19.6. The average Bonchev–Trinajstić information content (AvgIpc) is 3.72. The summed E-state index contributed by atoms with van der Waals surface area (Å²) >= 11 is 0. The maximum atomic E-state index is 14.4. The lowest BCUT2D eigenvalue weighted by molar-refractivity contribution is -0.145. The van der Waals surface area contributed by atoms with Crippen LogP contribution in [0.15, 0.2) is 29.3 Å². The van der Waals surface area contributed by atoms with Gasteiger partial charge in [-0.3, -0.25) is 37.8 Å². The van der Waals surface area contributed by atoms with E-state index < -0.39 is 150 Å². The number of H-pyrrole nitrogens is 1. The Morgan fingerprint density at radius 1 is 0.803 bits per heavy atom. The van der Waals surface area contributed by atoms with E-state index in [1.165, 1.54) is 34.0 Å². The van der Waals surface area contributed by atoms with Gasteiger partial charge in [0.15, 0.2) is 0 Å². The molecule has 0 aliphatic carbocycles. The Balaban J connectivity index is 1.85. The van der Waals surface area contributed by atoms with Crippen LogP contribution in [-0.4, -0.2) is 178 Å². The predicted octanol–water partition coefficient (Wildman–Crippen LogP) is -5.51. The highest BCUT2D eigenvalue weighted by Crippen LogP contribution is 2.27. The van der Waals surface area contributed by atoms with Crippen LogP contribution >= 0.6 is 0 Å². The van der Waals surface area contributed by atoms with E-state index in [2.05, 4.69) is 36.9 Å². The number of aromatic amines is 1. The van der Waals surface area contributed by atoms with Crippen LogP contribution in [0.25, 0.3) is 10.9 Å². The van der Waals surface area contributed by atoms with E-state index in [9.17, 15) is 68.4 Å². The SMILES string of the molecule is CC1NC(=O)C2C(O)C(O)CN2C(=O)C(CO)NC(=O)C(C(C)O)NC(=O)C(C(C)C)NC(=O)C(CC(C)(O)CO)NC(=O)C(Cc2c(S(C)=O)[nH]c3ccccc23)NC1=O. The zero-order chi connectivity index (χ0) is 45.7. The third-order valence-corrected chi connectivity index (χ3v) is 11.5. The first-order chi connectivity index (χ1) is 28.5. The summed E-state index contributed by atoms with van der Waals surface area (Å²) in [6.07, 6.45) is -4.87. The molecule has 12 unspecified atom stereocenters. The van der Waals surface area contributed by atoms with Gasteiger partial charge in [0, 0.05) is 30.0 Å². The average molecular weight is 881 g/mol. The molecule has 4 rings (SSSR count). The fourth-order valence-electron chi connectivity index (χ4n) is 7.11. The number of para-hydroxylation sites is 1. The molecule has 0 bridgehead atoms. The molecule has 22 nitrogen and oxygen atoms in total. The summed E-state index contributed by atoms with van der Waals surface area (Å²) < 4.78 is 12.9. The van der Waals surface area contributed by atoms with E-state index in [0.717, 1.165) is 6.92 Å². The van der Waals surface area contributed by atoms with Crippen molar-refractivity contribution in [2.45, 2.75) is 119 Å². The second-order valence-electron chi connectivity index (χ2n) is 16.0. The van der Waals surface area contributed by atoms with Crippen molar-refractivity contribution < 1.29 is 68.4 Å². The third kappa shape index (κ3) is 11.5. The summed E-state index contributed by atoms with van der Waals surface area (Å²) in [5, 5.41) is 78.0. The second-order valence-corrected chi connectivity index (χ2v) is 17.4. The molecule has 23 heteroatoms. The molecule has 2 aliphatic heterocycles. The number of amides is 7. The van der Waals surface area contributed by atoms with E-state index in [0.29, 0.717) is 21.4 Å². The van der Waals surface area contributed by atoms with Crippen molar-refractivity contribution in [1.29, 1.82) is 0 Å². The van der Waals surface area contributed by atoms with Crippen LogP contribution in [0.3, 0.4) is 0 Å². The summed E-state index contributed by atoms with van der Waals surface area (Å²) in [5.74, 6) is -8.38. The lowest BCUT2D eigenvalue weighted by Gasteiger charge is -2.31. The van der Waals surface area contributed by atoms with Crippen molar-refractivity contribution >= 4 is 63.1 Å². The van der Waals surface area contributed by atoms with Crippen molar-refractivity contribution in [3.63, 3.8) is 0 Å². The first kappa shape index (κ1) is 48.6. The van der Waals surface area contributed by atoms with Gasteiger partial charge in [0.05, 0.1) is 48.4 Å². The number of aliphatic hydroxyl groups excluding tert-OH is 5. The minimum Gasteiger partial charge on any atom is -0.394 e. The molecule has 2 aliphatic rings. The molecule has 13 N–H and O–H groups in total. The van der Waals surface area contributed by atoms with Gasteiger partial charge in [-0.05, 0) is 38.3 Å². The maximum Gasteiger partial charge on any atom is 0.248 e. The molecule has 3 heterocycles. The molecule has 338 valence electrons. The maximum absolute atomic E-state index is 14.4. The van der Waals surface area contributed by atoms with E-state index in [-0.39, 0.29) is 11.4 Å². The van der Waals surface area contributed by atoms with Gasteiger partial charge in [-0.25, -0.2) is 0 Å². The summed E-state index contributed by atoms with van der Waals surface area (Å²) in [6.45, 7) is 3.93. The van der Waals surface area contributed by atoms with Crippen molar-refractivity contribution in [1.82, 2.24) is 41.8 Å². The van der Waals surface area contributed by atoms with Gasteiger partial charge in [0.2, 0.25) is 41.4 Å². The van der Waals surface area contributed by atoms with Gasteiger partial charge in [-0.1, -0.05) is 32.0 Å².